The van der Waals surface area contributed by atoms with Crippen LogP contribution in [0.3, 0.4) is 0 Å². The number of carbonyl (C=O) groups is 2. The fourth-order valence-corrected chi connectivity index (χ4v) is 4.04. The van der Waals surface area contributed by atoms with Crippen molar-refractivity contribution in [1.29, 1.82) is 0 Å². The normalized spacial score (nSPS) is 10.8. The lowest BCUT2D eigenvalue weighted by Crippen LogP contribution is -2.42. The third-order valence-electron chi connectivity index (χ3n) is 3.92. The summed E-state index contributed by atoms with van der Waals surface area (Å²) in [6, 6.07) is 10.1. The average molecular weight is 462 g/mol. The van der Waals surface area contributed by atoms with Crippen LogP contribution in [-0.4, -0.2) is 37.3 Å². The molecule has 0 atom stereocenters. The molecule has 0 unspecified atom stereocenters. The first-order chi connectivity index (χ1) is 14.8. The van der Waals surface area contributed by atoms with Crippen molar-refractivity contribution >= 4 is 39.1 Å². The van der Waals surface area contributed by atoms with E-state index in [-0.39, 0.29) is 26.9 Å². The molecule has 0 spiro atoms. The van der Waals surface area contributed by atoms with Crippen LogP contribution in [0.1, 0.15) is 20.8 Å². The zero-order valence-electron chi connectivity index (χ0n) is 16.0. The molecule has 1 heterocycles. The number of halogens is 1. The van der Waals surface area contributed by atoms with Crippen molar-refractivity contribution in [3.63, 3.8) is 0 Å². The van der Waals surface area contributed by atoms with Crippen molar-refractivity contribution in [3.8, 4) is 5.75 Å². The number of hydrazine groups is 1. The predicted octanol–water partition coefficient (Wildman–Crippen LogP) is 2.01. The Bertz CT molecular complexity index is 1220. The van der Waals surface area contributed by atoms with Crippen LogP contribution in [0.4, 0.5) is 5.69 Å². The third-order valence-corrected chi connectivity index (χ3v) is 5.77. The number of amides is 2. The number of rotatable bonds is 6. The Morgan fingerprint density at radius 3 is 2.48 bits per heavy atom. The van der Waals surface area contributed by atoms with Crippen LogP contribution >= 0.6 is 11.6 Å². The molecule has 0 fully saturated rings. The van der Waals surface area contributed by atoms with E-state index in [1.165, 1.54) is 43.9 Å². The zero-order valence-corrected chi connectivity index (χ0v) is 17.6. The Labute approximate surface area is 182 Å². The number of hydrogen-bond donors (Lipinski definition) is 3. The van der Waals surface area contributed by atoms with E-state index >= 15 is 0 Å². The Morgan fingerprint density at radius 2 is 1.77 bits per heavy atom. The smallest absolute Gasteiger partial charge is 0.289 e. The van der Waals surface area contributed by atoms with Crippen molar-refractivity contribution in [2.45, 2.75) is 4.90 Å². The largest absolute Gasteiger partial charge is 0.495 e. The number of sulfonamides is 1. The second kappa shape index (κ2) is 9.41. The van der Waals surface area contributed by atoms with Gasteiger partial charge in [-0.1, -0.05) is 23.7 Å². The summed E-state index contributed by atoms with van der Waals surface area (Å²) < 4.78 is 33.2. The molecule has 2 amide bonds. The number of nitrogens with zero attached hydrogens (tertiary/aromatic N) is 2. The lowest BCUT2D eigenvalue weighted by atomic mass is 10.2. The Balaban J connectivity index is 1.79. The van der Waals surface area contributed by atoms with Gasteiger partial charge in [0, 0.05) is 18.0 Å². The van der Waals surface area contributed by atoms with Gasteiger partial charge >= 0.3 is 0 Å². The number of nitrogens with one attached hydrogen (secondary N) is 3. The van der Waals surface area contributed by atoms with Crippen molar-refractivity contribution in [1.82, 2.24) is 20.8 Å². The van der Waals surface area contributed by atoms with Crippen molar-refractivity contribution in [2.75, 3.05) is 11.8 Å². The van der Waals surface area contributed by atoms with Gasteiger partial charge in [0.1, 0.15) is 16.3 Å². The van der Waals surface area contributed by atoms with Crippen LogP contribution in [0, 0.1) is 0 Å². The summed E-state index contributed by atoms with van der Waals surface area (Å²) in [6.07, 6.45) is 3.93. The fraction of sp³-hybridized carbons (Fsp3) is 0.0526. The number of benzene rings is 2. The van der Waals surface area contributed by atoms with Gasteiger partial charge in [-0.15, -0.1) is 0 Å². The van der Waals surface area contributed by atoms with Crippen LogP contribution in [0.2, 0.25) is 5.02 Å². The van der Waals surface area contributed by atoms with Crippen LogP contribution in [0.25, 0.3) is 0 Å². The zero-order chi connectivity index (χ0) is 22.4. The molecule has 0 radical (unpaired) electrons. The van der Waals surface area contributed by atoms with E-state index in [0.29, 0.717) is 5.75 Å². The van der Waals surface area contributed by atoms with E-state index in [0.717, 1.165) is 6.07 Å². The molecule has 160 valence electrons. The third kappa shape index (κ3) is 5.27. The predicted molar refractivity (Wildman–Crippen MR) is 112 cm³/mol. The minimum Gasteiger partial charge on any atom is -0.495 e. The fourth-order valence-electron chi connectivity index (χ4n) is 2.45. The molecule has 0 aliphatic rings. The number of hydrogen-bond acceptors (Lipinski definition) is 7. The van der Waals surface area contributed by atoms with Crippen LogP contribution in [0.15, 0.2) is 66.0 Å². The number of para-hydroxylation sites is 2. The highest BCUT2D eigenvalue weighted by Crippen LogP contribution is 2.29. The summed E-state index contributed by atoms with van der Waals surface area (Å²) in [6.45, 7) is 0. The lowest BCUT2D eigenvalue weighted by Gasteiger charge is -2.13. The first kappa shape index (κ1) is 22.0. The maximum Gasteiger partial charge on any atom is 0.289 e. The molecule has 2 aromatic carbocycles. The van der Waals surface area contributed by atoms with E-state index in [1.807, 2.05) is 0 Å². The van der Waals surface area contributed by atoms with E-state index in [1.54, 1.807) is 18.2 Å². The summed E-state index contributed by atoms with van der Waals surface area (Å²) in [5, 5.41) is -0.0949. The molecular formula is C19H16ClN5O5S. The van der Waals surface area contributed by atoms with Crippen LogP contribution in [-0.2, 0) is 10.0 Å². The number of anilines is 1. The first-order valence-electron chi connectivity index (χ1n) is 8.64. The second-order valence-corrected chi connectivity index (χ2v) is 8.01. The molecule has 0 saturated carbocycles. The van der Waals surface area contributed by atoms with Gasteiger partial charge in [0.05, 0.1) is 24.0 Å². The average Bonchev–Trinajstić information content (AvgIpc) is 2.78. The minimum absolute atomic E-state index is 0.0109. The summed E-state index contributed by atoms with van der Waals surface area (Å²) in [5.41, 5.74) is 4.49. The van der Waals surface area contributed by atoms with Gasteiger partial charge in [-0.05, 0) is 30.3 Å². The number of aromatic nitrogens is 2. The van der Waals surface area contributed by atoms with E-state index < -0.39 is 21.8 Å². The van der Waals surface area contributed by atoms with Crippen molar-refractivity contribution < 1.29 is 22.7 Å². The molecule has 12 heteroatoms. The van der Waals surface area contributed by atoms with Gasteiger partial charge in [-0.3, -0.25) is 30.1 Å². The Hall–Kier alpha value is -3.70. The van der Waals surface area contributed by atoms with Crippen LogP contribution in [0.5, 0.6) is 5.75 Å². The minimum atomic E-state index is -4.15. The van der Waals surface area contributed by atoms with Gasteiger partial charge in [-0.25, -0.2) is 13.4 Å². The molecule has 31 heavy (non-hydrogen) atoms. The number of methoxy groups -OCH3 is 1. The Morgan fingerprint density at radius 1 is 1.03 bits per heavy atom. The van der Waals surface area contributed by atoms with Gasteiger partial charge < -0.3 is 4.74 Å². The van der Waals surface area contributed by atoms with E-state index in [4.69, 9.17) is 16.3 Å². The van der Waals surface area contributed by atoms with Gasteiger partial charge in [0.2, 0.25) is 0 Å². The van der Waals surface area contributed by atoms with Gasteiger partial charge in [0.15, 0.2) is 0 Å². The molecule has 0 saturated heterocycles. The molecule has 3 aromatic rings. The molecule has 10 nitrogen and oxygen atoms in total. The highest BCUT2D eigenvalue weighted by molar-refractivity contribution is 7.92. The number of carbonyl (C=O) groups excluding carboxylic acids is 2. The summed E-state index contributed by atoms with van der Waals surface area (Å²) >= 11 is 6.07. The Kier molecular flexibility index (Phi) is 6.68. The van der Waals surface area contributed by atoms with Crippen molar-refractivity contribution in [3.05, 3.63) is 77.3 Å². The quantitative estimate of drug-likeness (QED) is 0.477. The summed E-state index contributed by atoms with van der Waals surface area (Å²) in [7, 11) is -2.75. The molecular weight excluding hydrogens is 446 g/mol. The summed E-state index contributed by atoms with van der Waals surface area (Å²) in [5.74, 6) is -1.15. The summed E-state index contributed by atoms with van der Waals surface area (Å²) in [4.78, 5) is 31.6. The topological polar surface area (TPSA) is 139 Å². The highest BCUT2D eigenvalue weighted by atomic mass is 35.5. The number of ether oxygens (including phenoxy) is 1. The standard InChI is InChI=1S/C19H16ClN5O5S/c1-30-16-5-3-2-4-14(16)25-31(28,29)17-10-12(6-7-13(17)20)18(26)23-24-19(27)15-11-21-8-9-22-15/h2-11,25H,1H3,(H,23,26)(H,24,27). The van der Waals surface area contributed by atoms with E-state index in [2.05, 4.69) is 25.5 Å². The van der Waals surface area contributed by atoms with Crippen LogP contribution < -0.4 is 20.3 Å². The van der Waals surface area contributed by atoms with E-state index in [9.17, 15) is 18.0 Å². The first-order valence-corrected chi connectivity index (χ1v) is 10.5. The maximum atomic E-state index is 12.8. The molecule has 0 aliphatic heterocycles. The van der Waals surface area contributed by atoms with Crippen molar-refractivity contribution in [2.24, 2.45) is 0 Å². The molecule has 3 N–H and O–H groups in total. The molecule has 3 rings (SSSR count). The molecule has 0 bridgehead atoms. The van der Waals surface area contributed by atoms with Gasteiger partial charge in [-0.2, -0.15) is 0 Å². The molecule has 1 aromatic heterocycles. The SMILES string of the molecule is COc1ccccc1NS(=O)(=O)c1cc(C(=O)NNC(=O)c2cnccn2)ccc1Cl. The highest BCUT2D eigenvalue weighted by Gasteiger charge is 2.22. The second-order valence-electron chi connectivity index (χ2n) is 5.95. The monoisotopic (exact) mass is 461 g/mol. The molecule has 0 aliphatic carbocycles. The van der Waals surface area contributed by atoms with Gasteiger partial charge in [0.25, 0.3) is 21.8 Å². The lowest BCUT2D eigenvalue weighted by molar-refractivity contribution is 0.0843. The maximum absolute atomic E-state index is 12.8.